The highest BCUT2D eigenvalue weighted by Gasteiger charge is 2.27. The SMILES string of the molecule is COC(=O)c1c(NC(=O)c2cc(=O)c3cc(Cl)ccc3o2)sc2c1CCCC2. The number of hydrogen-bond acceptors (Lipinski definition) is 6. The van der Waals surface area contributed by atoms with Gasteiger partial charge in [-0.15, -0.1) is 11.3 Å². The van der Waals surface area contributed by atoms with Gasteiger partial charge in [0, 0.05) is 16.0 Å². The lowest BCUT2D eigenvalue weighted by molar-refractivity contribution is 0.0601. The zero-order chi connectivity index (χ0) is 19.8. The van der Waals surface area contributed by atoms with Crippen LogP contribution in [-0.4, -0.2) is 19.0 Å². The summed E-state index contributed by atoms with van der Waals surface area (Å²) < 4.78 is 10.5. The molecule has 1 amide bonds. The molecule has 0 radical (unpaired) electrons. The second-order valence-electron chi connectivity index (χ2n) is 6.48. The van der Waals surface area contributed by atoms with Crippen molar-refractivity contribution in [1.29, 1.82) is 0 Å². The molecule has 4 rings (SSSR count). The van der Waals surface area contributed by atoms with Crippen LogP contribution in [0.4, 0.5) is 5.00 Å². The summed E-state index contributed by atoms with van der Waals surface area (Å²) in [6, 6.07) is 5.74. The molecule has 1 aliphatic rings. The number of thiophene rings is 1. The number of benzene rings is 1. The summed E-state index contributed by atoms with van der Waals surface area (Å²) in [4.78, 5) is 38.4. The number of anilines is 1. The number of carbonyl (C=O) groups is 2. The first-order valence-electron chi connectivity index (χ1n) is 8.75. The van der Waals surface area contributed by atoms with Gasteiger partial charge in [0.25, 0.3) is 5.91 Å². The van der Waals surface area contributed by atoms with Crippen molar-refractivity contribution in [3.8, 4) is 0 Å². The van der Waals surface area contributed by atoms with Gasteiger partial charge in [0.05, 0.1) is 18.1 Å². The van der Waals surface area contributed by atoms with Crippen molar-refractivity contribution < 1.29 is 18.7 Å². The minimum absolute atomic E-state index is 0.137. The van der Waals surface area contributed by atoms with Crippen molar-refractivity contribution in [3.63, 3.8) is 0 Å². The van der Waals surface area contributed by atoms with E-state index in [9.17, 15) is 14.4 Å². The Balaban J connectivity index is 1.72. The maximum absolute atomic E-state index is 12.7. The van der Waals surface area contributed by atoms with Crippen LogP contribution in [0, 0.1) is 0 Å². The minimum atomic E-state index is -0.599. The van der Waals surface area contributed by atoms with Crippen LogP contribution in [0.15, 0.2) is 33.5 Å². The summed E-state index contributed by atoms with van der Waals surface area (Å²) in [5, 5.41) is 3.85. The zero-order valence-electron chi connectivity index (χ0n) is 15.0. The summed E-state index contributed by atoms with van der Waals surface area (Å²) in [6.07, 6.45) is 3.68. The van der Waals surface area contributed by atoms with Gasteiger partial charge in [0.2, 0.25) is 0 Å². The summed E-state index contributed by atoms with van der Waals surface area (Å²) in [5.41, 5.74) is 1.23. The van der Waals surface area contributed by atoms with E-state index in [1.54, 1.807) is 12.1 Å². The quantitative estimate of drug-likeness (QED) is 0.637. The van der Waals surface area contributed by atoms with Gasteiger partial charge in [-0.05, 0) is 49.4 Å². The van der Waals surface area contributed by atoms with Crippen LogP contribution in [0.2, 0.25) is 5.02 Å². The molecule has 2 aromatic heterocycles. The highest BCUT2D eigenvalue weighted by molar-refractivity contribution is 7.17. The number of amides is 1. The van der Waals surface area contributed by atoms with Crippen molar-refractivity contribution in [1.82, 2.24) is 0 Å². The van der Waals surface area contributed by atoms with Gasteiger partial charge in [0.15, 0.2) is 11.2 Å². The van der Waals surface area contributed by atoms with Gasteiger partial charge in [-0.2, -0.15) is 0 Å². The Kier molecular flexibility index (Phi) is 4.95. The number of fused-ring (bicyclic) bond motifs is 2. The molecule has 28 heavy (non-hydrogen) atoms. The third-order valence-electron chi connectivity index (χ3n) is 4.70. The molecule has 1 aliphatic carbocycles. The van der Waals surface area contributed by atoms with Gasteiger partial charge in [-0.25, -0.2) is 4.79 Å². The average molecular weight is 418 g/mol. The van der Waals surface area contributed by atoms with Gasteiger partial charge >= 0.3 is 5.97 Å². The van der Waals surface area contributed by atoms with E-state index < -0.39 is 11.9 Å². The molecular weight excluding hydrogens is 402 g/mol. The first kappa shape index (κ1) is 18.7. The van der Waals surface area contributed by atoms with E-state index in [1.807, 2.05) is 0 Å². The predicted octanol–water partition coefficient (Wildman–Crippen LogP) is 4.43. The fourth-order valence-corrected chi connectivity index (χ4v) is 4.82. The summed E-state index contributed by atoms with van der Waals surface area (Å²) in [6.45, 7) is 0. The Morgan fingerprint density at radius 2 is 2.00 bits per heavy atom. The van der Waals surface area contributed by atoms with E-state index in [0.717, 1.165) is 42.2 Å². The summed E-state index contributed by atoms with van der Waals surface area (Å²) >= 11 is 7.28. The number of halogens is 1. The first-order chi connectivity index (χ1) is 13.5. The topological polar surface area (TPSA) is 85.6 Å². The molecule has 0 saturated carbocycles. The Hall–Kier alpha value is -2.64. The van der Waals surface area contributed by atoms with E-state index in [4.69, 9.17) is 20.8 Å². The van der Waals surface area contributed by atoms with E-state index >= 15 is 0 Å². The summed E-state index contributed by atoms with van der Waals surface area (Å²) in [7, 11) is 1.31. The lowest BCUT2D eigenvalue weighted by atomic mass is 9.95. The second-order valence-corrected chi connectivity index (χ2v) is 8.02. The van der Waals surface area contributed by atoms with Crippen LogP contribution in [-0.2, 0) is 17.6 Å². The van der Waals surface area contributed by atoms with Gasteiger partial charge < -0.3 is 14.5 Å². The van der Waals surface area contributed by atoms with Crippen LogP contribution >= 0.6 is 22.9 Å². The van der Waals surface area contributed by atoms with Crippen LogP contribution in [0.5, 0.6) is 0 Å². The van der Waals surface area contributed by atoms with Gasteiger partial charge in [-0.3, -0.25) is 9.59 Å². The molecule has 0 bridgehead atoms. The largest absolute Gasteiger partial charge is 0.465 e. The molecule has 1 N–H and O–H groups in total. The number of hydrogen-bond donors (Lipinski definition) is 1. The monoisotopic (exact) mass is 417 g/mol. The smallest absolute Gasteiger partial charge is 0.341 e. The summed E-state index contributed by atoms with van der Waals surface area (Å²) in [5.74, 6) is -1.22. The Bertz CT molecular complexity index is 1160. The predicted molar refractivity (Wildman–Crippen MR) is 108 cm³/mol. The molecule has 0 fully saturated rings. The highest BCUT2D eigenvalue weighted by atomic mass is 35.5. The zero-order valence-corrected chi connectivity index (χ0v) is 16.5. The molecule has 0 saturated heterocycles. The Labute approximate surface area is 169 Å². The molecule has 6 nitrogen and oxygen atoms in total. The number of carbonyl (C=O) groups excluding carboxylic acids is 2. The number of rotatable bonds is 3. The lowest BCUT2D eigenvalue weighted by Crippen LogP contribution is -2.17. The van der Waals surface area contributed by atoms with E-state index in [-0.39, 0.29) is 16.8 Å². The molecule has 0 atom stereocenters. The number of aryl methyl sites for hydroxylation is 1. The van der Waals surface area contributed by atoms with Gasteiger partial charge in [0.1, 0.15) is 10.6 Å². The van der Waals surface area contributed by atoms with Crippen molar-refractivity contribution >= 4 is 50.8 Å². The number of nitrogens with one attached hydrogen (secondary N) is 1. The number of esters is 1. The van der Waals surface area contributed by atoms with Crippen LogP contribution < -0.4 is 10.7 Å². The average Bonchev–Trinajstić information content (AvgIpc) is 3.05. The number of methoxy groups -OCH3 is 1. The van der Waals surface area contributed by atoms with E-state index in [1.165, 1.54) is 24.5 Å². The molecule has 0 spiro atoms. The fourth-order valence-electron chi connectivity index (χ4n) is 3.38. The molecule has 3 aromatic rings. The lowest BCUT2D eigenvalue weighted by Gasteiger charge is -2.11. The first-order valence-corrected chi connectivity index (χ1v) is 9.95. The normalized spacial score (nSPS) is 13.2. The molecule has 1 aromatic carbocycles. The van der Waals surface area contributed by atoms with Crippen LogP contribution in [0.1, 0.15) is 44.2 Å². The van der Waals surface area contributed by atoms with Crippen LogP contribution in [0.3, 0.4) is 0 Å². The van der Waals surface area contributed by atoms with E-state index in [2.05, 4.69) is 5.32 Å². The molecule has 0 aliphatic heterocycles. The third kappa shape index (κ3) is 3.31. The molecule has 144 valence electrons. The van der Waals surface area contributed by atoms with Crippen molar-refractivity contribution in [2.24, 2.45) is 0 Å². The molecule has 2 heterocycles. The van der Waals surface area contributed by atoms with Crippen LogP contribution in [0.25, 0.3) is 11.0 Å². The Morgan fingerprint density at radius 3 is 2.79 bits per heavy atom. The Morgan fingerprint density at radius 1 is 1.21 bits per heavy atom. The molecule has 8 heteroatoms. The van der Waals surface area contributed by atoms with E-state index in [0.29, 0.717) is 21.0 Å². The third-order valence-corrected chi connectivity index (χ3v) is 6.14. The highest BCUT2D eigenvalue weighted by Crippen LogP contribution is 2.38. The minimum Gasteiger partial charge on any atom is -0.465 e. The standard InChI is InChI=1S/C20H16ClNO5S/c1-26-20(25)17-11-4-2-3-5-16(11)28-19(17)22-18(24)15-9-13(23)12-8-10(21)6-7-14(12)27-15/h6-9H,2-5H2,1H3,(H,22,24). The molecular formula is C20H16ClNO5S. The molecule has 0 unspecified atom stereocenters. The van der Waals surface area contributed by atoms with Gasteiger partial charge in [-0.1, -0.05) is 11.6 Å². The second kappa shape index (κ2) is 7.41. The van der Waals surface area contributed by atoms with Crippen molar-refractivity contribution in [2.45, 2.75) is 25.7 Å². The maximum atomic E-state index is 12.7. The number of ether oxygens (including phenoxy) is 1. The van der Waals surface area contributed by atoms with Crippen molar-refractivity contribution in [2.75, 3.05) is 12.4 Å². The van der Waals surface area contributed by atoms with Crippen molar-refractivity contribution in [3.05, 3.63) is 61.3 Å². The maximum Gasteiger partial charge on any atom is 0.341 e. The fraction of sp³-hybridized carbons (Fsp3) is 0.250.